The molecule has 1 fully saturated rings. The van der Waals surface area contributed by atoms with Gasteiger partial charge in [-0.05, 0) is 51.9 Å². The quantitative estimate of drug-likeness (QED) is 0.714. The first-order valence-electron chi connectivity index (χ1n) is 10.3. The minimum absolute atomic E-state index is 0.101. The highest BCUT2D eigenvalue weighted by molar-refractivity contribution is 7.14. The molecule has 1 atom stereocenters. The van der Waals surface area contributed by atoms with Crippen molar-refractivity contribution < 1.29 is 14.7 Å². The van der Waals surface area contributed by atoms with Gasteiger partial charge in [0.1, 0.15) is 6.04 Å². The molecule has 7 nitrogen and oxygen atoms in total. The molecule has 8 heteroatoms. The number of carbonyl (C=O) groups excluding carboxylic acids is 2. The van der Waals surface area contributed by atoms with Crippen molar-refractivity contribution in [2.24, 2.45) is 0 Å². The number of thiazole rings is 1. The highest BCUT2D eigenvalue weighted by Crippen LogP contribution is 2.39. The number of pyridine rings is 1. The maximum Gasteiger partial charge on any atom is 0.290 e. The first kappa shape index (κ1) is 20.7. The summed E-state index contributed by atoms with van der Waals surface area (Å²) in [7, 11) is 0. The van der Waals surface area contributed by atoms with Crippen LogP contribution >= 0.6 is 11.3 Å². The molecule has 0 saturated carbocycles. The Hall–Kier alpha value is -2.58. The summed E-state index contributed by atoms with van der Waals surface area (Å²) in [6.45, 7) is 6.78. The third-order valence-corrected chi connectivity index (χ3v) is 6.80. The number of piperidine rings is 1. The van der Waals surface area contributed by atoms with Crippen LogP contribution in [0.15, 0.2) is 35.7 Å². The van der Waals surface area contributed by atoms with Crippen LogP contribution in [-0.2, 0) is 4.79 Å². The number of amides is 1. The Kier molecular flexibility index (Phi) is 5.97. The van der Waals surface area contributed by atoms with Crippen molar-refractivity contribution in [3.8, 4) is 0 Å². The fraction of sp³-hybridized carbons (Fsp3) is 0.455. The molecular formula is C22H26N4O3S. The van der Waals surface area contributed by atoms with Crippen LogP contribution in [-0.4, -0.2) is 62.7 Å². The van der Waals surface area contributed by atoms with Gasteiger partial charge in [0.15, 0.2) is 5.76 Å². The first-order chi connectivity index (χ1) is 14.5. The normalized spacial score (nSPS) is 20.3. The number of aryl methyl sites for hydroxylation is 2. The predicted octanol–water partition coefficient (Wildman–Crippen LogP) is 3.22. The zero-order valence-electron chi connectivity index (χ0n) is 17.3. The molecule has 0 radical (unpaired) electrons. The van der Waals surface area contributed by atoms with E-state index in [4.69, 9.17) is 0 Å². The number of aromatic nitrogens is 2. The number of aliphatic hydroxyl groups excluding tert-OH is 1. The number of likely N-dealkylation sites (tertiary alicyclic amines) is 1. The third-order valence-electron chi connectivity index (χ3n) is 5.73. The van der Waals surface area contributed by atoms with Gasteiger partial charge in [0.05, 0.1) is 26.8 Å². The van der Waals surface area contributed by atoms with E-state index in [1.54, 1.807) is 30.2 Å². The molecular weight excluding hydrogens is 400 g/mol. The first-order valence-corrected chi connectivity index (χ1v) is 11.1. The molecule has 1 unspecified atom stereocenters. The lowest BCUT2D eigenvalue weighted by Crippen LogP contribution is -2.40. The summed E-state index contributed by atoms with van der Waals surface area (Å²) in [6, 6.07) is 4.72. The second kappa shape index (κ2) is 8.65. The Balaban J connectivity index is 1.67. The Morgan fingerprint density at radius 2 is 1.97 bits per heavy atom. The fourth-order valence-corrected chi connectivity index (χ4v) is 5.13. The Bertz CT molecular complexity index is 980. The van der Waals surface area contributed by atoms with Gasteiger partial charge in [-0.15, -0.1) is 11.3 Å². The molecule has 1 saturated heterocycles. The van der Waals surface area contributed by atoms with E-state index in [2.05, 4.69) is 14.9 Å². The van der Waals surface area contributed by atoms with Gasteiger partial charge in [-0.25, -0.2) is 4.98 Å². The summed E-state index contributed by atoms with van der Waals surface area (Å²) in [4.78, 5) is 39.5. The summed E-state index contributed by atoms with van der Waals surface area (Å²) in [5, 5.41) is 11.5. The lowest BCUT2D eigenvalue weighted by atomic mass is 9.98. The number of carbonyl (C=O) groups is 2. The summed E-state index contributed by atoms with van der Waals surface area (Å²) in [6.07, 6.45) is 5.20. The number of Topliss-reactive ketones (excluding diaryl/α,β-unsaturated/α-hetero) is 1. The lowest BCUT2D eigenvalue weighted by molar-refractivity contribution is -0.129. The van der Waals surface area contributed by atoms with Crippen molar-refractivity contribution in [1.82, 2.24) is 19.8 Å². The molecule has 4 heterocycles. The summed E-state index contributed by atoms with van der Waals surface area (Å²) >= 11 is 1.28. The third kappa shape index (κ3) is 3.89. The molecule has 0 bridgehead atoms. The molecule has 0 spiro atoms. The number of hydrogen-bond donors (Lipinski definition) is 1. The molecule has 0 aliphatic carbocycles. The van der Waals surface area contributed by atoms with Gasteiger partial charge >= 0.3 is 0 Å². The van der Waals surface area contributed by atoms with Crippen LogP contribution in [0.5, 0.6) is 0 Å². The monoisotopic (exact) mass is 426 g/mol. The maximum absolute atomic E-state index is 13.4. The van der Waals surface area contributed by atoms with Gasteiger partial charge in [0.25, 0.3) is 5.91 Å². The molecule has 0 aromatic carbocycles. The molecule has 1 N–H and O–H groups in total. The smallest absolute Gasteiger partial charge is 0.290 e. The van der Waals surface area contributed by atoms with Gasteiger partial charge in [-0.1, -0.05) is 12.5 Å². The summed E-state index contributed by atoms with van der Waals surface area (Å²) in [5.41, 5.74) is 1.29. The van der Waals surface area contributed by atoms with Gasteiger partial charge in [0, 0.05) is 19.3 Å². The van der Waals surface area contributed by atoms with Crippen molar-refractivity contribution in [3.05, 3.63) is 57.0 Å². The topological polar surface area (TPSA) is 86.6 Å². The van der Waals surface area contributed by atoms with E-state index in [1.807, 2.05) is 13.0 Å². The Morgan fingerprint density at radius 1 is 1.20 bits per heavy atom. The summed E-state index contributed by atoms with van der Waals surface area (Å²) in [5.74, 6) is -1.33. The van der Waals surface area contributed by atoms with Gasteiger partial charge in [0.2, 0.25) is 5.78 Å². The Morgan fingerprint density at radius 3 is 2.60 bits per heavy atom. The lowest BCUT2D eigenvalue weighted by Gasteiger charge is -2.31. The van der Waals surface area contributed by atoms with E-state index in [1.165, 1.54) is 17.8 Å². The molecule has 1 amide bonds. The van der Waals surface area contributed by atoms with Crippen molar-refractivity contribution in [2.75, 3.05) is 26.2 Å². The minimum atomic E-state index is -0.696. The SMILES string of the molecule is Cc1nc(C)c(C(=O)C2=C(O)C(=O)N(CCN3CCCCC3)C2c2ccccn2)s1. The average molecular weight is 427 g/mol. The number of nitrogens with zero attached hydrogens (tertiary/aromatic N) is 4. The van der Waals surface area contributed by atoms with Crippen molar-refractivity contribution in [3.63, 3.8) is 0 Å². The zero-order chi connectivity index (χ0) is 21.3. The highest BCUT2D eigenvalue weighted by Gasteiger charge is 2.45. The molecule has 30 heavy (non-hydrogen) atoms. The van der Waals surface area contributed by atoms with E-state index in [0.29, 0.717) is 29.4 Å². The van der Waals surface area contributed by atoms with E-state index in [-0.39, 0.29) is 11.4 Å². The van der Waals surface area contributed by atoms with E-state index < -0.39 is 17.7 Å². The summed E-state index contributed by atoms with van der Waals surface area (Å²) < 4.78 is 0. The molecule has 2 aromatic heterocycles. The molecule has 2 aliphatic rings. The molecule has 4 rings (SSSR count). The molecule has 2 aromatic rings. The zero-order valence-corrected chi connectivity index (χ0v) is 18.1. The largest absolute Gasteiger partial charge is 0.503 e. The highest BCUT2D eigenvalue weighted by atomic mass is 32.1. The van der Waals surface area contributed by atoms with Crippen molar-refractivity contribution in [2.45, 2.75) is 39.2 Å². The van der Waals surface area contributed by atoms with Gasteiger partial charge < -0.3 is 14.9 Å². The minimum Gasteiger partial charge on any atom is -0.503 e. The van der Waals surface area contributed by atoms with Crippen LogP contribution in [0.4, 0.5) is 0 Å². The van der Waals surface area contributed by atoms with Crippen LogP contribution < -0.4 is 0 Å². The van der Waals surface area contributed by atoms with Crippen LogP contribution in [0, 0.1) is 13.8 Å². The average Bonchev–Trinajstić information content (AvgIpc) is 3.23. The standard InChI is InChI=1S/C22H26N4O3S/c1-14-21(30-15(2)24-14)19(27)17-18(16-8-4-5-9-23-16)26(22(29)20(17)28)13-12-25-10-6-3-7-11-25/h4-5,8-9,18,28H,3,6-7,10-13H2,1-2H3. The molecule has 2 aliphatic heterocycles. The van der Waals surface area contributed by atoms with Crippen LogP contribution in [0.2, 0.25) is 0 Å². The second-order valence-electron chi connectivity index (χ2n) is 7.80. The van der Waals surface area contributed by atoms with Crippen molar-refractivity contribution >= 4 is 23.0 Å². The maximum atomic E-state index is 13.4. The number of rotatable bonds is 6. The molecule has 158 valence electrons. The second-order valence-corrected chi connectivity index (χ2v) is 9.00. The number of aliphatic hydroxyl groups is 1. The van der Waals surface area contributed by atoms with E-state index in [0.717, 1.165) is 30.9 Å². The fourth-order valence-electron chi connectivity index (χ4n) is 4.26. The van der Waals surface area contributed by atoms with Crippen molar-refractivity contribution in [1.29, 1.82) is 0 Å². The number of hydrogen-bond acceptors (Lipinski definition) is 7. The van der Waals surface area contributed by atoms with Gasteiger partial charge in [-0.3, -0.25) is 14.6 Å². The Labute approximate surface area is 180 Å². The van der Waals surface area contributed by atoms with Crippen LogP contribution in [0.1, 0.15) is 51.4 Å². The van der Waals surface area contributed by atoms with Gasteiger partial charge in [-0.2, -0.15) is 0 Å². The van der Waals surface area contributed by atoms with E-state index >= 15 is 0 Å². The predicted molar refractivity (Wildman–Crippen MR) is 115 cm³/mol. The van der Waals surface area contributed by atoms with Crippen LogP contribution in [0.25, 0.3) is 0 Å². The van der Waals surface area contributed by atoms with Crippen LogP contribution in [0.3, 0.4) is 0 Å². The number of ketones is 1. The van der Waals surface area contributed by atoms with E-state index in [9.17, 15) is 14.7 Å².